The minimum atomic E-state index is -0.415. The lowest BCUT2D eigenvalue weighted by molar-refractivity contribution is 0.0594. The van der Waals surface area contributed by atoms with Crippen molar-refractivity contribution < 1.29 is 9.53 Å². The van der Waals surface area contributed by atoms with Gasteiger partial charge in [-0.05, 0) is 18.4 Å². The molecular weight excluding hydrogens is 224 g/mol. The van der Waals surface area contributed by atoms with Crippen molar-refractivity contribution in [2.75, 3.05) is 25.2 Å². The van der Waals surface area contributed by atoms with Gasteiger partial charge in [-0.1, -0.05) is 6.92 Å². The molecule has 4 nitrogen and oxygen atoms in total. The van der Waals surface area contributed by atoms with E-state index in [-0.39, 0.29) is 0 Å². The third-order valence-electron chi connectivity index (χ3n) is 2.15. The molecule has 88 valence electrons. The van der Waals surface area contributed by atoms with Crippen molar-refractivity contribution in [1.29, 1.82) is 0 Å². The lowest BCUT2D eigenvalue weighted by Crippen LogP contribution is -2.13. The van der Waals surface area contributed by atoms with Gasteiger partial charge in [0.05, 0.1) is 7.11 Å². The molecule has 1 rings (SSSR count). The van der Waals surface area contributed by atoms with Gasteiger partial charge in [0.25, 0.3) is 0 Å². The molecule has 0 saturated heterocycles. The van der Waals surface area contributed by atoms with Crippen molar-refractivity contribution in [3.05, 3.63) is 24.0 Å². The van der Waals surface area contributed by atoms with Crippen LogP contribution in [-0.4, -0.2) is 36.1 Å². The molecule has 5 heteroatoms. The van der Waals surface area contributed by atoms with E-state index in [0.717, 1.165) is 12.2 Å². The highest BCUT2D eigenvalue weighted by atomic mass is 32.2. The molecule has 1 N–H and O–H groups in total. The summed E-state index contributed by atoms with van der Waals surface area (Å²) < 4.78 is 4.60. The molecule has 0 saturated carbocycles. The number of pyridine rings is 1. The third-order valence-corrected chi connectivity index (χ3v) is 3.12. The van der Waals surface area contributed by atoms with E-state index >= 15 is 0 Å². The van der Waals surface area contributed by atoms with Crippen LogP contribution in [0.2, 0.25) is 0 Å². The number of carbonyl (C=O) groups excluding carboxylic acids is 1. The Morgan fingerprint density at radius 1 is 1.69 bits per heavy atom. The fraction of sp³-hybridized carbons (Fsp3) is 0.455. The number of aromatic nitrogens is 1. The molecule has 0 amide bonds. The number of esters is 1. The van der Waals surface area contributed by atoms with Gasteiger partial charge >= 0.3 is 5.97 Å². The second kappa shape index (κ2) is 6.37. The maximum absolute atomic E-state index is 11.2. The van der Waals surface area contributed by atoms with E-state index < -0.39 is 5.97 Å². The van der Waals surface area contributed by atoms with E-state index in [2.05, 4.69) is 28.2 Å². The first kappa shape index (κ1) is 12.8. The zero-order valence-electron chi connectivity index (χ0n) is 9.69. The zero-order valence-corrected chi connectivity index (χ0v) is 10.5. The highest BCUT2D eigenvalue weighted by Crippen LogP contribution is 2.11. The van der Waals surface area contributed by atoms with Crippen LogP contribution in [0.4, 0.5) is 5.69 Å². The quantitative estimate of drug-likeness (QED) is 0.798. The Hall–Kier alpha value is -1.23. The fourth-order valence-electron chi connectivity index (χ4n) is 1.10. The predicted octanol–water partition coefficient (Wildman–Crippen LogP) is 2.03. The maximum atomic E-state index is 11.2. The summed E-state index contributed by atoms with van der Waals surface area (Å²) in [6.07, 6.45) is 3.66. The van der Waals surface area contributed by atoms with Crippen molar-refractivity contribution >= 4 is 23.4 Å². The number of nitrogens with zero attached hydrogens (tertiary/aromatic N) is 1. The van der Waals surface area contributed by atoms with Crippen LogP contribution in [0.3, 0.4) is 0 Å². The summed E-state index contributed by atoms with van der Waals surface area (Å²) in [4.78, 5) is 15.2. The molecule has 0 aromatic carbocycles. The summed E-state index contributed by atoms with van der Waals surface area (Å²) in [7, 11) is 1.35. The van der Waals surface area contributed by atoms with E-state index in [0.29, 0.717) is 10.9 Å². The van der Waals surface area contributed by atoms with Crippen LogP contribution in [-0.2, 0) is 4.74 Å². The van der Waals surface area contributed by atoms with Gasteiger partial charge in [0.1, 0.15) is 5.69 Å². The van der Waals surface area contributed by atoms with Crippen LogP contribution in [0, 0.1) is 0 Å². The first-order valence-corrected chi connectivity index (χ1v) is 6.27. The number of ether oxygens (including phenoxy) is 1. The molecule has 0 bridgehead atoms. The van der Waals surface area contributed by atoms with Crippen LogP contribution >= 0.6 is 11.8 Å². The summed E-state index contributed by atoms with van der Waals surface area (Å²) in [6.45, 7) is 2.99. The second-order valence-corrected chi connectivity index (χ2v) is 4.62. The molecule has 0 aliphatic rings. The van der Waals surface area contributed by atoms with Crippen LogP contribution in [0.15, 0.2) is 18.3 Å². The van der Waals surface area contributed by atoms with Gasteiger partial charge in [-0.15, -0.1) is 0 Å². The topological polar surface area (TPSA) is 51.2 Å². The van der Waals surface area contributed by atoms with Crippen molar-refractivity contribution in [3.63, 3.8) is 0 Å². The van der Waals surface area contributed by atoms with Crippen molar-refractivity contribution in [1.82, 2.24) is 4.98 Å². The number of rotatable bonds is 5. The normalized spacial score (nSPS) is 11.9. The Labute approximate surface area is 99.8 Å². The van der Waals surface area contributed by atoms with Gasteiger partial charge in [0, 0.05) is 23.7 Å². The first-order chi connectivity index (χ1) is 7.67. The number of hydrogen-bond acceptors (Lipinski definition) is 5. The smallest absolute Gasteiger partial charge is 0.356 e. The Morgan fingerprint density at radius 3 is 3.06 bits per heavy atom. The van der Waals surface area contributed by atoms with E-state index in [1.807, 2.05) is 6.07 Å². The lowest BCUT2D eigenvalue weighted by Gasteiger charge is -2.11. The molecule has 1 unspecified atom stereocenters. The van der Waals surface area contributed by atoms with Gasteiger partial charge in [-0.3, -0.25) is 0 Å². The van der Waals surface area contributed by atoms with Crippen LogP contribution in [0.25, 0.3) is 0 Å². The van der Waals surface area contributed by atoms with Gasteiger partial charge < -0.3 is 10.1 Å². The molecule has 0 radical (unpaired) electrons. The molecular formula is C11H16N2O2S. The highest BCUT2D eigenvalue weighted by Gasteiger charge is 2.07. The SMILES string of the molecule is COC(=O)c1cc(NCC(C)SC)ccn1. The van der Waals surface area contributed by atoms with Gasteiger partial charge in [0.2, 0.25) is 0 Å². The maximum Gasteiger partial charge on any atom is 0.356 e. The molecule has 1 atom stereocenters. The Morgan fingerprint density at radius 2 is 2.44 bits per heavy atom. The summed E-state index contributed by atoms with van der Waals surface area (Å²) in [5.74, 6) is -0.415. The molecule has 1 aromatic rings. The van der Waals surface area contributed by atoms with Gasteiger partial charge in [-0.2, -0.15) is 11.8 Å². The van der Waals surface area contributed by atoms with Gasteiger partial charge in [0.15, 0.2) is 0 Å². The number of thioether (sulfide) groups is 1. The Balaban J connectivity index is 2.64. The van der Waals surface area contributed by atoms with E-state index in [4.69, 9.17) is 0 Å². The van der Waals surface area contributed by atoms with Gasteiger partial charge in [-0.25, -0.2) is 9.78 Å². The largest absolute Gasteiger partial charge is 0.464 e. The molecule has 0 spiro atoms. The predicted molar refractivity (Wildman–Crippen MR) is 67.0 cm³/mol. The van der Waals surface area contributed by atoms with Crippen LogP contribution < -0.4 is 5.32 Å². The summed E-state index contributed by atoms with van der Waals surface area (Å²) >= 11 is 1.79. The van der Waals surface area contributed by atoms with E-state index in [9.17, 15) is 4.79 Å². The summed E-state index contributed by atoms with van der Waals surface area (Å²) in [6, 6.07) is 3.53. The van der Waals surface area contributed by atoms with E-state index in [1.54, 1.807) is 24.0 Å². The summed E-state index contributed by atoms with van der Waals surface area (Å²) in [5, 5.41) is 3.77. The fourth-order valence-corrected chi connectivity index (χ4v) is 1.35. The standard InChI is InChI=1S/C11H16N2O2S/c1-8(16-3)7-13-9-4-5-12-10(6-9)11(14)15-2/h4-6,8H,7H2,1-3H3,(H,12,13). The van der Waals surface area contributed by atoms with Crippen molar-refractivity contribution in [2.24, 2.45) is 0 Å². The number of hydrogen-bond donors (Lipinski definition) is 1. The van der Waals surface area contributed by atoms with Crippen LogP contribution in [0.1, 0.15) is 17.4 Å². The zero-order chi connectivity index (χ0) is 12.0. The molecule has 0 aliphatic carbocycles. The average Bonchev–Trinajstić information content (AvgIpc) is 2.35. The number of carbonyl (C=O) groups is 1. The molecule has 0 fully saturated rings. The highest BCUT2D eigenvalue weighted by molar-refractivity contribution is 7.99. The van der Waals surface area contributed by atoms with E-state index in [1.165, 1.54) is 7.11 Å². The minimum Gasteiger partial charge on any atom is -0.464 e. The van der Waals surface area contributed by atoms with Crippen LogP contribution in [0.5, 0.6) is 0 Å². The van der Waals surface area contributed by atoms with Crippen molar-refractivity contribution in [3.8, 4) is 0 Å². The third kappa shape index (κ3) is 3.73. The Kier molecular flexibility index (Phi) is 5.11. The molecule has 16 heavy (non-hydrogen) atoms. The summed E-state index contributed by atoms with van der Waals surface area (Å²) in [5.41, 5.74) is 1.21. The average molecular weight is 240 g/mol. The number of methoxy groups -OCH3 is 1. The number of anilines is 1. The Bertz CT molecular complexity index is 358. The monoisotopic (exact) mass is 240 g/mol. The second-order valence-electron chi connectivity index (χ2n) is 3.35. The first-order valence-electron chi connectivity index (χ1n) is 4.98. The number of nitrogens with one attached hydrogen (secondary N) is 1. The molecule has 0 aliphatic heterocycles. The van der Waals surface area contributed by atoms with Crippen molar-refractivity contribution in [2.45, 2.75) is 12.2 Å². The molecule has 1 heterocycles. The lowest BCUT2D eigenvalue weighted by atomic mass is 10.3. The molecule has 1 aromatic heterocycles. The minimum absolute atomic E-state index is 0.323.